The Hall–Kier alpha value is -3.45. The Morgan fingerprint density at radius 1 is 0.793 bits per heavy atom. The molecule has 0 fully saturated rings. The van der Waals surface area contributed by atoms with Gasteiger partial charge in [-0.05, 0) is 55.5 Å². The van der Waals surface area contributed by atoms with E-state index in [1.54, 1.807) is 42.5 Å². The molecule has 0 radical (unpaired) electrons. The van der Waals surface area contributed by atoms with Gasteiger partial charge in [-0.2, -0.15) is 8.42 Å². The van der Waals surface area contributed by atoms with E-state index in [0.717, 1.165) is 5.56 Å². The van der Waals surface area contributed by atoms with Gasteiger partial charge in [0.25, 0.3) is 0 Å². The van der Waals surface area contributed by atoms with E-state index in [2.05, 4.69) is 0 Å². The maximum atomic E-state index is 12.3. The smallest absolute Gasteiger partial charge is 0.339 e. The standard InChI is InChI=1S/C22H18O6S/c1-16-7-13-20(14-8-16)29(25,26)28-19-11-9-17(10-12-19)21(23)15-27-22(24)18-5-3-2-4-6-18/h2-14H,15H2,1H3. The van der Waals surface area contributed by atoms with Crippen LogP contribution in [0.2, 0.25) is 0 Å². The zero-order chi connectivity index (χ0) is 20.9. The number of carbonyl (C=O) groups is 2. The van der Waals surface area contributed by atoms with Crippen molar-refractivity contribution in [1.29, 1.82) is 0 Å². The molecule has 6 nitrogen and oxygen atoms in total. The summed E-state index contributed by atoms with van der Waals surface area (Å²) in [4.78, 5) is 24.1. The summed E-state index contributed by atoms with van der Waals surface area (Å²) in [7, 11) is -3.97. The van der Waals surface area contributed by atoms with E-state index < -0.39 is 28.5 Å². The molecule has 148 valence electrons. The Balaban J connectivity index is 1.61. The van der Waals surface area contributed by atoms with Crippen molar-refractivity contribution in [3.63, 3.8) is 0 Å². The first kappa shape index (κ1) is 20.3. The van der Waals surface area contributed by atoms with Crippen LogP contribution < -0.4 is 4.18 Å². The van der Waals surface area contributed by atoms with E-state index in [0.29, 0.717) is 5.56 Å². The van der Waals surface area contributed by atoms with E-state index in [9.17, 15) is 18.0 Å². The zero-order valence-corrected chi connectivity index (χ0v) is 16.4. The fourth-order valence-electron chi connectivity index (χ4n) is 2.45. The molecule has 0 saturated carbocycles. The summed E-state index contributed by atoms with van der Waals surface area (Å²) in [5, 5.41) is 0. The maximum Gasteiger partial charge on any atom is 0.339 e. The summed E-state index contributed by atoms with van der Waals surface area (Å²) in [5.41, 5.74) is 1.55. The molecule has 29 heavy (non-hydrogen) atoms. The topological polar surface area (TPSA) is 86.7 Å². The second-order valence-electron chi connectivity index (χ2n) is 6.24. The van der Waals surface area contributed by atoms with Gasteiger partial charge in [0, 0.05) is 5.56 Å². The Bertz CT molecular complexity index is 1100. The van der Waals surface area contributed by atoms with Crippen LogP contribution in [0, 0.1) is 6.92 Å². The van der Waals surface area contributed by atoms with Crippen molar-refractivity contribution in [3.05, 3.63) is 95.6 Å². The average Bonchev–Trinajstić information content (AvgIpc) is 2.73. The third-order valence-electron chi connectivity index (χ3n) is 4.04. The van der Waals surface area contributed by atoms with Gasteiger partial charge >= 0.3 is 16.1 Å². The lowest BCUT2D eigenvalue weighted by molar-refractivity contribution is 0.0474. The van der Waals surface area contributed by atoms with Crippen LogP contribution in [0.3, 0.4) is 0 Å². The van der Waals surface area contributed by atoms with Crippen molar-refractivity contribution in [2.75, 3.05) is 6.61 Å². The molecule has 0 aliphatic carbocycles. The number of benzene rings is 3. The Morgan fingerprint density at radius 3 is 2.03 bits per heavy atom. The molecule has 0 aliphatic heterocycles. The molecule has 0 N–H and O–H groups in total. The van der Waals surface area contributed by atoms with Gasteiger partial charge in [0.2, 0.25) is 0 Å². The van der Waals surface area contributed by atoms with E-state index >= 15 is 0 Å². The lowest BCUT2D eigenvalue weighted by atomic mass is 10.1. The van der Waals surface area contributed by atoms with Crippen LogP contribution in [0.15, 0.2) is 83.8 Å². The second kappa shape index (κ2) is 8.70. The van der Waals surface area contributed by atoms with Gasteiger partial charge in [0.1, 0.15) is 10.6 Å². The first-order valence-electron chi connectivity index (χ1n) is 8.72. The molecule has 0 unspecified atom stereocenters. The number of Topliss-reactive ketones (excluding diaryl/α,β-unsaturated/α-hetero) is 1. The van der Waals surface area contributed by atoms with Gasteiger partial charge in [-0.15, -0.1) is 0 Å². The lowest BCUT2D eigenvalue weighted by Gasteiger charge is -2.08. The van der Waals surface area contributed by atoms with E-state index in [4.69, 9.17) is 8.92 Å². The average molecular weight is 410 g/mol. The van der Waals surface area contributed by atoms with Gasteiger partial charge in [-0.1, -0.05) is 35.9 Å². The van der Waals surface area contributed by atoms with Crippen LogP contribution in [0.1, 0.15) is 26.3 Å². The van der Waals surface area contributed by atoms with E-state index in [-0.39, 0.29) is 16.2 Å². The van der Waals surface area contributed by atoms with Crippen molar-refractivity contribution in [2.24, 2.45) is 0 Å². The minimum absolute atomic E-state index is 0.0380. The number of ketones is 1. The highest BCUT2D eigenvalue weighted by Gasteiger charge is 2.17. The molecule has 0 saturated heterocycles. The Labute approximate surface area is 168 Å². The monoisotopic (exact) mass is 410 g/mol. The van der Waals surface area contributed by atoms with Crippen molar-refractivity contribution in [1.82, 2.24) is 0 Å². The first-order chi connectivity index (χ1) is 13.8. The van der Waals surface area contributed by atoms with E-state index in [1.807, 2.05) is 6.92 Å². The molecule has 0 bridgehead atoms. The minimum atomic E-state index is -3.97. The summed E-state index contributed by atoms with van der Waals surface area (Å²) >= 11 is 0. The number of ether oxygens (including phenoxy) is 1. The normalized spacial score (nSPS) is 10.9. The highest BCUT2D eigenvalue weighted by molar-refractivity contribution is 7.87. The quantitative estimate of drug-likeness (QED) is 0.334. The summed E-state index contributed by atoms with van der Waals surface area (Å²) in [6.45, 7) is 1.43. The number of hydrogen-bond acceptors (Lipinski definition) is 6. The summed E-state index contributed by atoms with van der Waals surface area (Å²) in [6.07, 6.45) is 0. The largest absolute Gasteiger partial charge is 0.454 e. The molecule has 0 spiro atoms. The maximum absolute atomic E-state index is 12.3. The third-order valence-corrected chi connectivity index (χ3v) is 5.30. The van der Waals surface area contributed by atoms with Crippen molar-refractivity contribution >= 4 is 21.9 Å². The van der Waals surface area contributed by atoms with Gasteiger partial charge in [-0.3, -0.25) is 4.79 Å². The molecule has 0 aromatic heterocycles. The van der Waals surface area contributed by atoms with Gasteiger partial charge in [0.15, 0.2) is 12.4 Å². The van der Waals surface area contributed by atoms with Gasteiger partial charge in [0.05, 0.1) is 5.56 Å². The Morgan fingerprint density at radius 2 is 1.41 bits per heavy atom. The zero-order valence-electron chi connectivity index (χ0n) is 15.6. The molecule has 3 aromatic rings. The summed E-state index contributed by atoms with van der Waals surface area (Å²) < 4.78 is 34.7. The number of hydrogen-bond donors (Lipinski definition) is 0. The minimum Gasteiger partial charge on any atom is -0.454 e. The number of aryl methyl sites for hydroxylation is 1. The van der Waals surface area contributed by atoms with Crippen LogP contribution in [0.25, 0.3) is 0 Å². The molecular formula is C22H18O6S. The molecule has 3 rings (SSSR count). The molecule has 0 atom stereocenters. The van der Waals surface area contributed by atoms with Crippen molar-refractivity contribution in [3.8, 4) is 5.75 Å². The lowest BCUT2D eigenvalue weighted by Crippen LogP contribution is -2.14. The predicted molar refractivity (Wildman–Crippen MR) is 106 cm³/mol. The summed E-state index contributed by atoms with van der Waals surface area (Å²) in [5.74, 6) is -0.936. The SMILES string of the molecule is Cc1ccc(S(=O)(=O)Oc2ccc(C(=O)COC(=O)c3ccccc3)cc2)cc1. The predicted octanol–water partition coefficient (Wildman–Crippen LogP) is 3.80. The Kier molecular flexibility index (Phi) is 6.09. The van der Waals surface area contributed by atoms with Crippen molar-refractivity contribution in [2.45, 2.75) is 11.8 Å². The van der Waals surface area contributed by atoms with Gasteiger partial charge in [-0.25, -0.2) is 4.79 Å². The molecule has 0 amide bonds. The van der Waals surface area contributed by atoms with Crippen molar-refractivity contribution < 1.29 is 26.9 Å². The fourth-order valence-corrected chi connectivity index (χ4v) is 3.38. The van der Waals surface area contributed by atoms with Crippen LogP contribution in [-0.2, 0) is 14.9 Å². The highest BCUT2D eigenvalue weighted by atomic mass is 32.2. The molecule has 0 aliphatic rings. The second-order valence-corrected chi connectivity index (χ2v) is 7.79. The third kappa shape index (κ3) is 5.30. The van der Waals surface area contributed by atoms with Crippen LogP contribution in [-0.4, -0.2) is 26.8 Å². The molecule has 7 heteroatoms. The van der Waals surface area contributed by atoms with Gasteiger partial charge < -0.3 is 8.92 Å². The highest BCUT2D eigenvalue weighted by Crippen LogP contribution is 2.20. The number of rotatable bonds is 7. The first-order valence-corrected chi connectivity index (χ1v) is 10.1. The fraction of sp³-hybridized carbons (Fsp3) is 0.0909. The number of carbonyl (C=O) groups excluding carboxylic acids is 2. The van der Waals surface area contributed by atoms with Crippen LogP contribution in [0.5, 0.6) is 5.75 Å². The van der Waals surface area contributed by atoms with E-state index in [1.165, 1.54) is 36.4 Å². The van der Waals surface area contributed by atoms with Crippen LogP contribution in [0.4, 0.5) is 0 Å². The molecular weight excluding hydrogens is 392 g/mol. The number of esters is 1. The van der Waals surface area contributed by atoms with Crippen LogP contribution >= 0.6 is 0 Å². The molecule has 0 heterocycles. The molecule has 3 aromatic carbocycles. The summed E-state index contributed by atoms with van der Waals surface area (Å²) in [6, 6.07) is 20.2.